The zero-order valence-electron chi connectivity index (χ0n) is 12.7. The number of benzene rings is 2. The van der Waals surface area contributed by atoms with Gasteiger partial charge in [0.25, 0.3) is 0 Å². The molecule has 1 aromatic heterocycles. The molecule has 2 aromatic carbocycles. The van der Waals surface area contributed by atoms with Gasteiger partial charge in [-0.15, -0.1) is 0 Å². The summed E-state index contributed by atoms with van der Waals surface area (Å²) in [7, 11) is 2.92. The van der Waals surface area contributed by atoms with Crippen LogP contribution >= 0.6 is 0 Å². The quantitative estimate of drug-likeness (QED) is 0.788. The highest BCUT2D eigenvalue weighted by atomic mass is 19.1. The van der Waals surface area contributed by atoms with E-state index in [-0.39, 0.29) is 5.88 Å². The second-order valence-electron chi connectivity index (χ2n) is 4.71. The van der Waals surface area contributed by atoms with Crippen LogP contribution in [-0.4, -0.2) is 29.3 Å². The number of phenols is 1. The Balaban J connectivity index is 2.16. The van der Waals surface area contributed by atoms with E-state index in [9.17, 15) is 13.9 Å². The first-order valence-electron chi connectivity index (χ1n) is 6.76. The van der Waals surface area contributed by atoms with Gasteiger partial charge in [-0.2, -0.15) is 4.39 Å². The second-order valence-corrected chi connectivity index (χ2v) is 4.71. The molecule has 6 nitrogen and oxygen atoms in total. The number of fused-ring (bicyclic) bond motifs is 1. The number of aromatic nitrogens is 2. The van der Waals surface area contributed by atoms with Gasteiger partial charge >= 0.3 is 0 Å². The number of nitrogens with zero attached hydrogens (tertiary/aromatic N) is 2. The summed E-state index contributed by atoms with van der Waals surface area (Å²) in [6.07, 6.45) is 1.18. The molecule has 1 heterocycles. The molecule has 0 unspecified atom stereocenters. The van der Waals surface area contributed by atoms with Crippen LogP contribution in [0.2, 0.25) is 0 Å². The first-order valence-corrected chi connectivity index (χ1v) is 6.76. The lowest BCUT2D eigenvalue weighted by molar-refractivity contribution is 0.355. The molecule has 1 N–H and O–H groups in total. The highest BCUT2D eigenvalue weighted by Crippen LogP contribution is 2.37. The molecule has 124 valence electrons. The fourth-order valence-corrected chi connectivity index (χ4v) is 2.15. The summed E-state index contributed by atoms with van der Waals surface area (Å²) in [5.41, 5.74) is 0.429. The summed E-state index contributed by atoms with van der Waals surface area (Å²) in [5.74, 6) is -2.97. The van der Waals surface area contributed by atoms with Crippen molar-refractivity contribution in [3.8, 4) is 28.9 Å². The van der Waals surface area contributed by atoms with Crippen LogP contribution in [0.4, 0.5) is 8.78 Å². The minimum atomic E-state index is -1.22. The second kappa shape index (κ2) is 6.15. The van der Waals surface area contributed by atoms with Crippen molar-refractivity contribution < 1.29 is 28.1 Å². The van der Waals surface area contributed by atoms with Gasteiger partial charge in [0.1, 0.15) is 6.33 Å². The van der Waals surface area contributed by atoms with Crippen LogP contribution in [-0.2, 0) is 0 Å². The van der Waals surface area contributed by atoms with Gasteiger partial charge in [-0.05, 0) is 18.2 Å². The standard InChI is InChI=1S/C16H12F2N2O4/c1-22-12-5-8-10(6-13(12)23-2)19-7-20-16(8)24-15-9(17)3-4-11(21)14(15)18/h3-7,21H,1-2H3. The number of ether oxygens (including phenoxy) is 3. The van der Waals surface area contributed by atoms with E-state index in [1.165, 1.54) is 26.6 Å². The minimum absolute atomic E-state index is 0.0932. The lowest BCUT2D eigenvalue weighted by Crippen LogP contribution is -1.98. The fourth-order valence-electron chi connectivity index (χ4n) is 2.15. The smallest absolute Gasteiger partial charge is 0.230 e. The Bertz CT molecular complexity index is 918. The lowest BCUT2D eigenvalue weighted by atomic mass is 10.2. The molecule has 0 spiro atoms. The third kappa shape index (κ3) is 2.62. The Morgan fingerprint density at radius 1 is 1.00 bits per heavy atom. The van der Waals surface area contributed by atoms with Crippen molar-refractivity contribution in [3.05, 3.63) is 42.2 Å². The van der Waals surface area contributed by atoms with E-state index >= 15 is 0 Å². The van der Waals surface area contributed by atoms with Gasteiger partial charge in [0, 0.05) is 6.07 Å². The van der Waals surface area contributed by atoms with Gasteiger partial charge in [0.2, 0.25) is 17.4 Å². The van der Waals surface area contributed by atoms with E-state index in [0.29, 0.717) is 22.4 Å². The SMILES string of the molecule is COc1cc2ncnc(Oc3c(F)ccc(O)c3F)c2cc1OC. The molecule has 0 aliphatic rings. The maximum Gasteiger partial charge on any atom is 0.230 e. The van der Waals surface area contributed by atoms with Gasteiger partial charge in [-0.1, -0.05) is 0 Å². The molecule has 0 radical (unpaired) electrons. The fraction of sp³-hybridized carbons (Fsp3) is 0.125. The van der Waals surface area contributed by atoms with Gasteiger partial charge in [-0.25, -0.2) is 14.4 Å². The number of methoxy groups -OCH3 is 2. The number of hydrogen-bond donors (Lipinski definition) is 1. The van der Waals surface area contributed by atoms with Gasteiger partial charge in [0.05, 0.1) is 25.1 Å². The minimum Gasteiger partial charge on any atom is -0.505 e. The molecule has 0 bridgehead atoms. The van der Waals surface area contributed by atoms with Crippen LogP contribution in [0.5, 0.6) is 28.9 Å². The summed E-state index contributed by atoms with van der Waals surface area (Å²) in [4.78, 5) is 7.97. The van der Waals surface area contributed by atoms with Crippen LogP contribution in [0, 0.1) is 11.6 Å². The molecule has 0 aliphatic carbocycles. The number of aromatic hydroxyl groups is 1. The molecule has 3 aromatic rings. The van der Waals surface area contributed by atoms with E-state index in [0.717, 1.165) is 12.1 Å². The molecule has 0 amide bonds. The molecular formula is C16H12F2N2O4. The Kier molecular flexibility index (Phi) is 4.03. The summed E-state index contributed by atoms with van der Waals surface area (Å²) in [6.45, 7) is 0. The van der Waals surface area contributed by atoms with E-state index in [1.54, 1.807) is 6.07 Å². The van der Waals surface area contributed by atoms with Crippen molar-refractivity contribution in [3.63, 3.8) is 0 Å². The van der Waals surface area contributed by atoms with Crippen LogP contribution < -0.4 is 14.2 Å². The number of halogens is 2. The van der Waals surface area contributed by atoms with Crippen LogP contribution in [0.25, 0.3) is 10.9 Å². The molecule has 0 aliphatic heterocycles. The summed E-state index contributed by atoms with van der Waals surface area (Å²) in [5, 5.41) is 9.73. The molecule has 0 fully saturated rings. The highest BCUT2D eigenvalue weighted by molar-refractivity contribution is 5.87. The zero-order valence-corrected chi connectivity index (χ0v) is 12.7. The average Bonchev–Trinajstić information content (AvgIpc) is 2.60. The number of rotatable bonds is 4. The molecule has 3 rings (SSSR count). The first-order chi connectivity index (χ1) is 11.5. The normalized spacial score (nSPS) is 10.7. The van der Waals surface area contributed by atoms with Crippen molar-refractivity contribution >= 4 is 10.9 Å². The van der Waals surface area contributed by atoms with Crippen LogP contribution in [0.3, 0.4) is 0 Å². The first kappa shape index (κ1) is 15.7. The van der Waals surface area contributed by atoms with Crippen molar-refractivity contribution in [2.45, 2.75) is 0 Å². The third-order valence-corrected chi connectivity index (χ3v) is 3.33. The van der Waals surface area contributed by atoms with Gasteiger partial charge < -0.3 is 19.3 Å². The van der Waals surface area contributed by atoms with Crippen molar-refractivity contribution in [2.75, 3.05) is 14.2 Å². The predicted molar refractivity (Wildman–Crippen MR) is 80.7 cm³/mol. The van der Waals surface area contributed by atoms with Crippen LogP contribution in [0.15, 0.2) is 30.6 Å². The Morgan fingerprint density at radius 2 is 1.71 bits per heavy atom. The number of hydrogen-bond acceptors (Lipinski definition) is 6. The molecule has 0 atom stereocenters. The molecule has 24 heavy (non-hydrogen) atoms. The van der Waals surface area contributed by atoms with Crippen LogP contribution in [0.1, 0.15) is 0 Å². The van der Waals surface area contributed by atoms with Crippen molar-refractivity contribution in [1.82, 2.24) is 9.97 Å². The Labute approximate surface area is 135 Å². The average molecular weight is 334 g/mol. The molecule has 0 saturated heterocycles. The molecule has 8 heteroatoms. The molecule has 0 saturated carbocycles. The van der Waals surface area contributed by atoms with E-state index in [4.69, 9.17) is 14.2 Å². The zero-order chi connectivity index (χ0) is 17.3. The third-order valence-electron chi connectivity index (χ3n) is 3.33. The largest absolute Gasteiger partial charge is 0.505 e. The monoisotopic (exact) mass is 334 g/mol. The van der Waals surface area contributed by atoms with Gasteiger partial charge in [-0.3, -0.25) is 0 Å². The summed E-state index contributed by atoms with van der Waals surface area (Å²) >= 11 is 0. The number of phenolic OH excluding ortho intramolecular Hbond substituents is 1. The maximum absolute atomic E-state index is 13.9. The van der Waals surface area contributed by atoms with Gasteiger partial charge in [0.15, 0.2) is 23.1 Å². The van der Waals surface area contributed by atoms with E-state index in [2.05, 4.69) is 9.97 Å². The highest BCUT2D eigenvalue weighted by Gasteiger charge is 2.19. The topological polar surface area (TPSA) is 73.7 Å². The van der Waals surface area contributed by atoms with E-state index in [1.807, 2.05) is 0 Å². The lowest BCUT2D eigenvalue weighted by Gasteiger charge is -2.12. The summed E-state index contributed by atoms with van der Waals surface area (Å²) < 4.78 is 43.3. The maximum atomic E-state index is 13.9. The Morgan fingerprint density at radius 3 is 2.42 bits per heavy atom. The van der Waals surface area contributed by atoms with Crippen molar-refractivity contribution in [1.29, 1.82) is 0 Å². The summed E-state index contributed by atoms with van der Waals surface area (Å²) in [6, 6.07) is 4.89. The van der Waals surface area contributed by atoms with Crippen molar-refractivity contribution in [2.24, 2.45) is 0 Å². The predicted octanol–water partition coefficient (Wildman–Crippen LogP) is 3.42. The Hall–Kier alpha value is -3.16. The van der Waals surface area contributed by atoms with E-state index < -0.39 is 23.1 Å². The molecular weight excluding hydrogens is 322 g/mol.